The summed E-state index contributed by atoms with van der Waals surface area (Å²) in [7, 11) is 0. The molecule has 0 radical (unpaired) electrons. The average Bonchev–Trinajstić information content (AvgIpc) is 3.38. The highest BCUT2D eigenvalue weighted by Crippen LogP contribution is 2.17. The number of unbranched alkanes of at least 4 members (excludes halogenated alkanes) is 41. The molecule has 0 spiro atoms. The monoisotopic (exact) mass is 1010 g/mol. The van der Waals surface area contributed by atoms with Crippen molar-refractivity contribution in [2.24, 2.45) is 0 Å². The minimum atomic E-state index is -0.673. The number of esters is 1. The van der Waals surface area contributed by atoms with Gasteiger partial charge >= 0.3 is 5.97 Å². The maximum absolute atomic E-state index is 12.5. The third-order valence-electron chi connectivity index (χ3n) is 14.6. The number of nitrogens with one attached hydrogen (secondary N) is 1. The minimum absolute atomic E-state index is 0.0206. The van der Waals surface area contributed by atoms with E-state index in [9.17, 15) is 19.8 Å². The van der Waals surface area contributed by atoms with Gasteiger partial charge in [-0.15, -0.1) is 0 Å². The Morgan fingerprint density at radius 3 is 1.15 bits per heavy atom. The lowest BCUT2D eigenvalue weighted by Gasteiger charge is -2.22. The molecule has 0 aliphatic carbocycles. The van der Waals surface area contributed by atoms with Crippen molar-refractivity contribution in [3.05, 3.63) is 48.6 Å². The fourth-order valence-corrected chi connectivity index (χ4v) is 9.72. The summed E-state index contributed by atoms with van der Waals surface area (Å²) in [6, 6.07) is -0.551. The molecule has 0 aliphatic rings. The van der Waals surface area contributed by atoms with Gasteiger partial charge in [-0.05, 0) is 89.9 Å². The van der Waals surface area contributed by atoms with Crippen molar-refractivity contribution in [3.63, 3.8) is 0 Å². The first-order valence-corrected chi connectivity index (χ1v) is 31.9. The van der Waals surface area contributed by atoms with Crippen LogP contribution in [0.2, 0.25) is 0 Å². The molecule has 0 fully saturated rings. The molecule has 2 unspecified atom stereocenters. The van der Waals surface area contributed by atoms with Crippen molar-refractivity contribution in [2.75, 3.05) is 13.2 Å². The van der Waals surface area contributed by atoms with Gasteiger partial charge in [0.05, 0.1) is 25.4 Å². The highest BCUT2D eigenvalue weighted by Gasteiger charge is 2.20. The second kappa shape index (κ2) is 61.4. The largest absolute Gasteiger partial charge is 0.466 e. The van der Waals surface area contributed by atoms with Crippen LogP contribution in [-0.2, 0) is 14.3 Å². The Balaban J connectivity index is 3.48. The van der Waals surface area contributed by atoms with Crippen LogP contribution in [0, 0.1) is 0 Å². The molecule has 3 N–H and O–H groups in total. The van der Waals surface area contributed by atoms with Crippen LogP contribution in [-0.4, -0.2) is 47.4 Å². The number of aliphatic hydroxyl groups excluding tert-OH is 2. The molecule has 2 atom stereocenters. The van der Waals surface area contributed by atoms with Gasteiger partial charge in [-0.25, -0.2) is 0 Å². The third kappa shape index (κ3) is 57.1. The average molecular weight is 1010 g/mol. The van der Waals surface area contributed by atoms with Gasteiger partial charge in [-0.3, -0.25) is 9.59 Å². The Kier molecular flexibility index (Phi) is 59.5. The zero-order valence-electron chi connectivity index (χ0n) is 48.2. The molecule has 0 aromatic heterocycles. The Hall–Kier alpha value is -2.18. The van der Waals surface area contributed by atoms with Crippen LogP contribution >= 0.6 is 0 Å². The summed E-state index contributed by atoms with van der Waals surface area (Å²) >= 11 is 0. The number of rotatable bonds is 59. The smallest absolute Gasteiger partial charge is 0.305 e. The van der Waals surface area contributed by atoms with Crippen molar-refractivity contribution in [3.8, 4) is 0 Å². The lowest BCUT2D eigenvalue weighted by atomic mass is 10.0. The summed E-state index contributed by atoms with van der Waals surface area (Å²) in [5, 5.41) is 23.3. The molecule has 6 nitrogen and oxygen atoms in total. The molecule has 0 bridgehead atoms. The van der Waals surface area contributed by atoms with Crippen LogP contribution in [0.25, 0.3) is 0 Å². The number of hydrogen-bond acceptors (Lipinski definition) is 5. The second-order valence-electron chi connectivity index (χ2n) is 21.8. The Morgan fingerprint density at radius 2 is 0.736 bits per heavy atom. The van der Waals surface area contributed by atoms with E-state index in [4.69, 9.17) is 4.74 Å². The summed E-state index contributed by atoms with van der Waals surface area (Å²) in [4.78, 5) is 24.6. The highest BCUT2D eigenvalue weighted by atomic mass is 16.5. The number of allylic oxidation sites excluding steroid dienone is 8. The molecule has 6 heteroatoms. The van der Waals surface area contributed by atoms with E-state index < -0.39 is 12.1 Å². The normalized spacial score (nSPS) is 12.9. The van der Waals surface area contributed by atoms with E-state index in [2.05, 4.69) is 67.8 Å². The lowest BCUT2D eigenvalue weighted by molar-refractivity contribution is -0.143. The molecule has 0 aromatic carbocycles. The Bertz CT molecular complexity index is 1210. The third-order valence-corrected chi connectivity index (χ3v) is 14.6. The summed E-state index contributed by atoms with van der Waals surface area (Å²) in [5.41, 5.74) is 0. The van der Waals surface area contributed by atoms with Crippen LogP contribution in [0.1, 0.15) is 335 Å². The van der Waals surface area contributed by atoms with E-state index in [1.165, 1.54) is 225 Å². The van der Waals surface area contributed by atoms with Crippen molar-refractivity contribution in [1.29, 1.82) is 0 Å². The van der Waals surface area contributed by atoms with Gasteiger partial charge in [0.2, 0.25) is 5.91 Å². The summed E-state index contributed by atoms with van der Waals surface area (Å²) in [6.45, 7) is 4.91. The summed E-state index contributed by atoms with van der Waals surface area (Å²) in [5.74, 6) is -0.0639. The fraction of sp³-hybridized carbons (Fsp3) is 0.848. The van der Waals surface area contributed by atoms with Crippen LogP contribution in [0.5, 0.6) is 0 Å². The fourth-order valence-electron chi connectivity index (χ4n) is 9.72. The molecule has 0 heterocycles. The summed E-state index contributed by atoms with van der Waals surface area (Å²) in [6.07, 6.45) is 78.3. The predicted octanol–water partition coefficient (Wildman–Crippen LogP) is 20.1. The van der Waals surface area contributed by atoms with Gasteiger partial charge in [0.1, 0.15) is 0 Å². The maximum atomic E-state index is 12.5. The van der Waals surface area contributed by atoms with Gasteiger partial charge in [0.15, 0.2) is 0 Å². The van der Waals surface area contributed by atoms with E-state index in [0.29, 0.717) is 25.9 Å². The van der Waals surface area contributed by atoms with Crippen molar-refractivity contribution >= 4 is 11.9 Å². The standard InChI is InChI=1S/C66H123NO5/c1-3-5-7-9-11-13-15-17-19-21-26-30-34-38-42-46-50-54-58-64(69)63(62-68)67-65(70)59-55-51-47-43-39-35-31-27-24-23-25-29-33-37-41-45-49-53-57-61-72-66(71)60-56-52-48-44-40-36-32-28-22-20-18-16-14-12-10-8-6-4-2/h14,16,20,22,29,33,37,41,63-64,68-69H,3-13,15,17-19,21,23-28,30-32,34-36,38-40,42-62H2,1-2H3,(H,67,70)/b16-14-,22-20-,33-29-,41-37-. The van der Waals surface area contributed by atoms with Crippen molar-refractivity contribution < 1.29 is 24.5 Å². The van der Waals surface area contributed by atoms with E-state index in [-0.39, 0.29) is 18.5 Å². The van der Waals surface area contributed by atoms with Crippen LogP contribution in [0.4, 0.5) is 0 Å². The first-order chi connectivity index (χ1) is 35.5. The Morgan fingerprint density at radius 1 is 0.403 bits per heavy atom. The number of hydrogen-bond donors (Lipinski definition) is 3. The molecule has 0 aromatic rings. The highest BCUT2D eigenvalue weighted by molar-refractivity contribution is 5.76. The predicted molar refractivity (Wildman–Crippen MR) is 315 cm³/mol. The molecule has 0 rings (SSSR count). The Labute approximate surface area is 448 Å². The molecule has 422 valence electrons. The molecule has 0 saturated carbocycles. The molecular weight excluding hydrogens is 887 g/mol. The van der Waals surface area contributed by atoms with E-state index in [0.717, 1.165) is 77.0 Å². The number of carbonyl (C=O) groups is 2. The first kappa shape index (κ1) is 69.8. The molecular formula is C66H123NO5. The SMILES string of the molecule is CCCCCC/C=C\C/C=C\CCCCCCCCCC(=O)OCCCCC/C=C\C=C/CCCCCCCCCCCCC(=O)NC(CO)C(O)CCCCCCCCCCCCCCCCCCCC. The summed E-state index contributed by atoms with van der Waals surface area (Å²) < 4.78 is 5.46. The number of aliphatic hydroxyl groups is 2. The topological polar surface area (TPSA) is 95.9 Å². The number of amides is 1. The van der Waals surface area contributed by atoms with E-state index in [1.54, 1.807) is 0 Å². The van der Waals surface area contributed by atoms with Gasteiger partial charge in [-0.2, -0.15) is 0 Å². The number of carbonyl (C=O) groups excluding carboxylic acids is 2. The zero-order chi connectivity index (χ0) is 52.2. The molecule has 0 saturated heterocycles. The molecule has 72 heavy (non-hydrogen) atoms. The molecule has 0 aliphatic heterocycles. The maximum Gasteiger partial charge on any atom is 0.305 e. The van der Waals surface area contributed by atoms with Crippen LogP contribution < -0.4 is 5.32 Å². The molecule has 1 amide bonds. The van der Waals surface area contributed by atoms with E-state index in [1.807, 2.05) is 0 Å². The zero-order valence-corrected chi connectivity index (χ0v) is 48.2. The first-order valence-electron chi connectivity index (χ1n) is 31.9. The van der Waals surface area contributed by atoms with Gasteiger partial charge < -0.3 is 20.3 Å². The minimum Gasteiger partial charge on any atom is -0.466 e. The van der Waals surface area contributed by atoms with Gasteiger partial charge in [-0.1, -0.05) is 281 Å². The number of ether oxygens (including phenoxy) is 1. The van der Waals surface area contributed by atoms with Crippen molar-refractivity contribution in [2.45, 2.75) is 347 Å². The quantitative estimate of drug-likeness (QED) is 0.0244. The van der Waals surface area contributed by atoms with E-state index >= 15 is 0 Å². The van der Waals surface area contributed by atoms with Crippen LogP contribution in [0.15, 0.2) is 48.6 Å². The van der Waals surface area contributed by atoms with Gasteiger partial charge in [0, 0.05) is 12.8 Å². The van der Waals surface area contributed by atoms with Gasteiger partial charge in [0.25, 0.3) is 0 Å². The second-order valence-corrected chi connectivity index (χ2v) is 21.8. The van der Waals surface area contributed by atoms with Crippen molar-refractivity contribution in [1.82, 2.24) is 5.32 Å². The van der Waals surface area contributed by atoms with Crippen LogP contribution in [0.3, 0.4) is 0 Å². The lowest BCUT2D eigenvalue weighted by Crippen LogP contribution is -2.45.